The molecule has 7 heteroatoms. The molecule has 0 spiro atoms. The average Bonchev–Trinajstić information content (AvgIpc) is 3.28. The number of nitrogens with one attached hydrogen (secondary N) is 2. The summed E-state index contributed by atoms with van der Waals surface area (Å²) < 4.78 is 11.0. The van der Waals surface area contributed by atoms with E-state index in [1.165, 1.54) is 44.1 Å². The monoisotopic (exact) mass is 572 g/mol. The number of benzene rings is 1. The molecule has 2 fully saturated rings. The molecule has 0 bridgehead atoms. The number of piperidine rings is 1. The van der Waals surface area contributed by atoms with Gasteiger partial charge >= 0.3 is 0 Å². The summed E-state index contributed by atoms with van der Waals surface area (Å²) in [6.45, 7) is 6.79. The van der Waals surface area contributed by atoms with Crippen molar-refractivity contribution in [2.24, 2.45) is 16.3 Å². The fourth-order valence-corrected chi connectivity index (χ4v) is 5.59. The SMILES string of the molecule is CCOCCC1(CNC(=NC)NCC2CCCN(C)C2c2ccc(OC)cc2)CCCC1.I. The van der Waals surface area contributed by atoms with E-state index in [4.69, 9.17) is 9.47 Å². The number of hydrogen-bond donors (Lipinski definition) is 2. The number of likely N-dealkylation sites (tertiary alicyclic amines) is 1. The lowest BCUT2D eigenvalue weighted by atomic mass is 9.83. The summed E-state index contributed by atoms with van der Waals surface area (Å²) in [5.74, 6) is 2.38. The second kappa shape index (κ2) is 14.4. The zero-order valence-electron chi connectivity index (χ0n) is 21.1. The molecular formula is C26H45IN4O2. The van der Waals surface area contributed by atoms with Crippen LogP contribution in [0.2, 0.25) is 0 Å². The second-order valence-electron chi connectivity index (χ2n) is 9.56. The van der Waals surface area contributed by atoms with Gasteiger partial charge in [-0.2, -0.15) is 0 Å². The van der Waals surface area contributed by atoms with Crippen molar-refractivity contribution in [1.82, 2.24) is 15.5 Å². The molecule has 6 nitrogen and oxygen atoms in total. The van der Waals surface area contributed by atoms with Gasteiger partial charge in [0.1, 0.15) is 5.75 Å². The number of rotatable bonds is 10. The van der Waals surface area contributed by atoms with Crippen molar-refractivity contribution in [3.8, 4) is 5.75 Å². The summed E-state index contributed by atoms with van der Waals surface area (Å²) in [4.78, 5) is 7.03. The summed E-state index contributed by atoms with van der Waals surface area (Å²) in [6, 6.07) is 8.99. The zero-order chi connectivity index (χ0) is 22.8. The molecule has 2 unspecified atom stereocenters. The molecule has 2 N–H and O–H groups in total. The van der Waals surface area contributed by atoms with Crippen LogP contribution in [0.3, 0.4) is 0 Å². The van der Waals surface area contributed by atoms with Crippen LogP contribution in [0.25, 0.3) is 0 Å². The molecule has 0 amide bonds. The van der Waals surface area contributed by atoms with Crippen molar-refractivity contribution in [2.45, 2.75) is 57.9 Å². The molecule has 1 aliphatic heterocycles. The fraction of sp³-hybridized carbons (Fsp3) is 0.731. The van der Waals surface area contributed by atoms with Gasteiger partial charge in [-0.15, -0.1) is 24.0 Å². The number of aliphatic imine (C=N–C) groups is 1. The van der Waals surface area contributed by atoms with Crippen LogP contribution in [-0.4, -0.2) is 64.9 Å². The van der Waals surface area contributed by atoms with E-state index >= 15 is 0 Å². The first kappa shape index (κ1) is 28.2. The Kier molecular flexibility index (Phi) is 12.3. The van der Waals surface area contributed by atoms with Crippen molar-refractivity contribution in [3.63, 3.8) is 0 Å². The van der Waals surface area contributed by atoms with Gasteiger partial charge in [-0.25, -0.2) is 0 Å². The van der Waals surface area contributed by atoms with Crippen molar-refractivity contribution in [2.75, 3.05) is 54.1 Å². The molecule has 3 rings (SSSR count). The Bertz CT molecular complexity index is 707. The maximum Gasteiger partial charge on any atom is 0.191 e. The van der Waals surface area contributed by atoms with E-state index in [1.54, 1.807) is 7.11 Å². The normalized spacial score (nSPS) is 23.1. The number of hydrogen-bond acceptors (Lipinski definition) is 4. The van der Waals surface area contributed by atoms with Crippen LogP contribution in [0.15, 0.2) is 29.3 Å². The number of methoxy groups -OCH3 is 1. The first-order chi connectivity index (χ1) is 15.6. The molecule has 1 aromatic carbocycles. The standard InChI is InChI=1S/C26H44N4O2.HI/c1-5-32-18-16-26(14-6-7-15-26)20-29-25(27-2)28-19-22-9-8-17-30(3)24(22)21-10-12-23(31-4)13-11-21;/h10-13,22,24H,5-9,14-20H2,1-4H3,(H2,27,28,29);1H. The van der Waals surface area contributed by atoms with Gasteiger partial charge in [-0.1, -0.05) is 25.0 Å². The van der Waals surface area contributed by atoms with Crippen molar-refractivity contribution >= 4 is 29.9 Å². The Labute approximate surface area is 218 Å². The highest BCUT2D eigenvalue weighted by atomic mass is 127. The molecule has 1 aliphatic carbocycles. The zero-order valence-corrected chi connectivity index (χ0v) is 23.4. The third-order valence-corrected chi connectivity index (χ3v) is 7.50. The predicted molar refractivity (Wildman–Crippen MR) is 148 cm³/mol. The third kappa shape index (κ3) is 7.99. The number of nitrogens with zero attached hydrogens (tertiary/aromatic N) is 2. The highest BCUT2D eigenvalue weighted by Gasteiger charge is 2.34. The molecule has 1 heterocycles. The quantitative estimate of drug-likeness (QED) is 0.182. The Morgan fingerprint density at radius 2 is 1.88 bits per heavy atom. The second-order valence-corrected chi connectivity index (χ2v) is 9.56. The maximum atomic E-state index is 5.67. The van der Waals surface area contributed by atoms with E-state index in [1.807, 2.05) is 7.05 Å². The van der Waals surface area contributed by atoms with Crippen LogP contribution < -0.4 is 15.4 Å². The summed E-state index contributed by atoms with van der Waals surface area (Å²) >= 11 is 0. The van der Waals surface area contributed by atoms with Gasteiger partial charge in [0.25, 0.3) is 0 Å². The lowest BCUT2D eigenvalue weighted by molar-refractivity contribution is 0.105. The van der Waals surface area contributed by atoms with Crippen LogP contribution in [0.1, 0.15) is 63.5 Å². The molecule has 0 aromatic heterocycles. The van der Waals surface area contributed by atoms with Crippen molar-refractivity contribution < 1.29 is 9.47 Å². The molecule has 2 atom stereocenters. The fourth-order valence-electron chi connectivity index (χ4n) is 5.59. The predicted octanol–water partition coefficient (Wildman–Crippen LogP) is 4.85. The van der Waals surface area contributed by atoms with Crippen molar-refractivity contribution in [1.29, 1.82) is 0 Å². The maximum absolute atomic E-state index is 5.67. The van der Waals surface area contributed by atoms with Crippen LogP contribution in [0, 0.1) is 11.3 Å². The highest BCUT2D eigenvalue weighted by Crippen LogP contribution is 2.40. The summed E-state index contributed by atoms with van der Waals surface area (Å²) in [5.41, 5.74) is 1.72. The largest absolute Gasteiger partial charge is 0.497 e. The van der Waals surface area contributed by atoms with Gasteiger partial charge in [0.2, 0.25) is 0 Å². The smallest absolute Gasteiger partial charge is 0.191 e. The van der Waals surface area contributed by atoms with E-state index in [-0.39, 0.29) is 24.0 Å². The van der Waals surface area contributed by atoms with E-state index in [0.29, 0.717) is 17.4 Å². The van der Waals surface area contributed by atoms with Gasteiger partial charge in [0, 0.05) is 39.4 Å². The minimum atomic E-state index is 0. The van der Waals surface area contributed by atoms with Crippen LogP contribution in [0.4, 0.5) is 0 Å². The minimum absolute atomic E-state index is 0. The lowest BCUT2D eigenvalue weighted by Gasteiger charge is -2.40. The molecule has 2 aliphatic rings. The summed E-state index contributed by atoms with van der Waals surface area (Å²) in [5, 5.41) is 7.30. The first-order valence-corrected chi connectivity index (χ1v) is 12.5. The number of ether oxygens (including phenoxy) is 2. The Morgan fingerprint density at radius 1 is 1.15 bits per heavy atom. The third-order valence-electron chi connectivity index (χ3n) is 7.50. The van der Waals surface area contributed by atoms with E-state index in [9.17, 15) is 0 Å². The lowest BCUT2D eigenvalue weighted by Crippen LogP contribution is -2.47. The topological polar surface area (TPSA) is 58.1 Å². The van der Waals surface area contributed by atoms with Gasteiger partial charge < -0.3 is 20.1 Å². The minimum Gasteiger partial charge on any atom is -0.497 e. The van der Waals surface area contributed by atoms with Gasteiger partial charge in [0.05, 0.1) is 7.11 Å². The van der Waals surface area contributed by atoms with Crippen molar-refractivity contribution in [3.05, 3.63) is 29.8 Å². The molecule has 0 radical (unpaired) electrons. The Morgan fingerprint density at radius 3 is 2.52 bits per heavy atom. The summed E-state index contributed by atoms with van der Waals surface area (Å²) in [6.07, 6.45) is 8.84. The molecular weight excluding hydrogens is 527 g/mol. The summed E-state index contributed by atoms with van der Waals surface area (Å²) in [7, 11) is 5.85. The highest BCUT2D eigenvalue weighted by molar-refractivity contribution is 14.0. The van der Waals surface area contributed by atoms with E-state index in [2.05, 4.69) is 58.8 Å². The average molecular weight is 573 g/mol. The Balaban J connectivity index is 0.00000385. The first-order valence-electron chi connectivity index (χ1n) is 12.5. The molecule has 188 valence electrons. The van der Waals surface area contributed by atoms with E-state index < -0.39 is 0 Å². The van der Waals surface area contributed by atoms with Crippen LogP contribution in [0.5, 0.6) is 5.75 Å². The molecule has 33 heavy (non-hydrogen) atoms. The van der Waals surface area contributed by atoms with E-state index in [0.717, 1.165) is 51.0 Å². The van der Waals surface area contributed by atoms with Gasteiger partial charge in [0.15, 0.2) is 5.96 Å². The van der Waals surface area contributed by atoms with Gasteiger partial charge in [-0.3, -0.25) is 9.89 Å². The van der Waals surface area contributed by atoms with Crippen LogP contribution >= 0.6 is 24.0 Å². The number of guanidine groups is 1. The number of halogens is 1. The van der Waals surface area contributed by atoms with Gasteiger partial charge in [-0.05, 0) is 81.6 Å². The Hall–Kier alpha value is -1.06. The molecule has 1 saturated heterocycles. The molecule has 1 saturated carbocycles. The van der Waals surface area contributed by atoms with Crippen LogP contribution in [-0.2, 0) is 4.74 Å². The molecule has 1 aromatic rings.